The van der Waals surface area contributed by atoms with Gasteiger partial charge in [0.05, 0.1) is 29.7 Å². The lowest BCUT2D eigenvalue weighted by Gasteiger charge is -2.35. The van der Waals surface area contributed by atoms with Gasteiger partial charge in [-0.3, -0.25) is 9.52 Å². The number of nitrogens with zero attached hydrogens (tertiary/aromatic N) is 1. The molecule has 2 unspecified atom stereocenters. The molecular weight excluding hydrogens is 348 g/mol. The van der Waals surface area contributed by atoms with Gasteiger partial charge >= 0.3 is 5.97 Å². The second-order valence-electron chi connectivity index (χ2n) is 6.05. The quantitative estimate of drug-likeness (QED) is 0.771. The highest BCUT2D eigenvalue weighted by molar-refractivity contribution is 7.92. The molecule has 1 fully saturated rings. The topological polar surface area (TPSA) is 102 Å². The first-order valence-corrected chi connectivity index (χ1v) is 9.72. The molecule has 1 aliphatic rings. The van der Waals surface area contributed by atoms with Crippen LogP contribution in [-0.2, 0) is 24.3 Å². The lowest BCUT2D eigenvalue weighted by molar-refractivity contribution is -0.146. The summed E-state index contributed by atoms with van der Waals surface area (Å²) in [5.74, 6) is -1.08. The van der Waals surface area contributed by atoms with Crippen LogP contribution in [0.25, 0.3) is 0 Å². The third kappa shape index (κ3) is 5.71. The number of anilines is 1. The van der Waals surface area contributed by atoms with Crippen LogP contribution in [0.1, 0.15) is 24.2 Å². The maximum atomic E-state index is 12.2. The van der Waals surface area contributed by atoms with E-state index in [0.717, 1.165) is 6.26 Å². The summed E-state index contributed by atoms with van der Waals surface area (Å²) in [4.78, 5) is 26.0. The Morgan fingerprint density at radius 2 is 1.84 bits per heavy atom. The van der Waals surface area contributed by atoms with Crippen molar-refractivity contribution in [2.75, 3.05) is 30.7 Å². The van der Waals surface area contributed by atoms with Crippen molar-refractivity contribution >= 4 is 27.6 Å². The Hall–Kier alpha value is -2.13. The predicted octanol–water partition coefficient (Wildman–Crippen LogP) is 0.851. The number of esters is 1. The number of carbonyl (C=O) groups is 2. The van der Waals surface area contributed by atoms with Crippen LogP contribution in [0, 0.1) is 0 Å². The molecule has 2 rings (SSSR count). The third-order valence-electron chi connectivity index (χ3n) is 3.54. The Morgan fingerprint density at radius 1 is 1.24 bits per heavy atom. The van der Waals surface area contributed by atoms with E-state index in [2.05, 4.69) is 4.72 Å². The monoisotopic (exact) mass is 370 g/mol. The molecule has 0 bridgehead atoms. The number of hydrogen-bond donors (Lipinski definition) is 1. The van der Waals surface area contributed by atoms with Crippen molar-refractivity contribution in [1.29, 1.82) is 0 Å². The number of nitrogens with one attached hydrogen (secondary N) is 1. The van der Waals surface area contributed by atoms with E-state index < -0.39 is 22.6 Å². The van der Waals surface area contributed by atoms with Crippen molar-refractivity contribution in [3.8, 4) is 0 Å². The Bertz CT molecular complexity index is 739. The van der Waals surface area contributed by atoms with Crippen molar-refractivity contribution in [1.82, 2.24) is 4.90 Å². The van der Waals surface area contributed by atoms with Crippen LogP contribution >= 0.6 is 0 Å². The maximum absolute atomic E-state index is 12.2. The molecule has 1 amide bonds. The first-order chi connectivity index (χ1) is 11.7. The molecule has 0 saturated carbocycles. The Kier molecular flexibility index (Phi) is 6.02. The lowest BCUT2D eigenvalue weighted by Crippen LogP contribution is -2.49. The van der Waals surface area contributed by atoms with Crippen molar-refractivity contribution in [2.45, 2.75) is 26.1 Å². The van der Waals surface area contributed by atoms with Gasteiger partial charge < -0.3 is 14.4 Å². The van der Waals surface area contributed by atoms with Crippen LogP contribution < -0.4 is 4.72 Å². The van der Waals surface area contributed by atoms with Crippen LogP contribution in [0.15, 0.2) is 24.3 Å². The minimum absolute atomic E-state index is 0.0458. The average Bonchev–Trinajstić information content (AvgIpc) is 2.50. The molecule has 0 aromatic heterocycles. The minimum atomic E-state index is -3.54. The zero-order valence-electron chi connectivity index (χ0n) is 14.4. The van der Waals surface area contributed by atoms with Gasteiger partial charge in [0.2, 0.25) is 10.0 Å². The van der Waals surface area contributed by atoms with E-state index in [1.807, 2.05) is 13.8 Å². The zero-order valence-corrected chi connectivity index (χ0v) is 15.2. The average molecular weight is 370 g/mol. The maximum Gasteiger partial charge on any atom is 0.340 e. The molecule has 1 aromatic carbocycles. The van der Waals surface area contributed by atoms with Crippen molar-refractivity contribution in [2.24, 2.45) is 0 Å². The highest BCUT2D eigenvalue weighted by Crippen LogP contribution is 2.17. The molecule has 1 heterocycles. The number of carbonyl (C=O) groups excluding carboxylic acids is 2. The van der Waals surface area contributed by atoms with Crippen LogP contribution in [-0.4, -0.2) is 63.4 Å². The van der Waals surface area contributed by atoms with Crippen LogP contribution in [0.4, 0.5) is 5.69 Å². The van der Waals surface area contributed by atoms with Crippen LogP contribution in [0.3, 0.4) is 0 Å². The molecule has 0 radical (unpaired) electrons. The molecule has 1 aliphatic heterocycles. The SMILES string of the molecule is CC1CN(C(=O)COC(=O)c2ccccc2NS(C)(=O)=O)CC(C)O1. The Labute approximate surface area is 147 Å². The summed E-state index contributed by atoms with van der Waals surface area (Å²) < 4.78 is 35.6. The number of amides is 1. The summed E-state index contributed by atoms with van der Waals surface area (Å²) in [5, 5.41) is 0. The zero-order chi connectivity index (χ0) is 18.6. The molecule has 2 atom stereocenters. The molecule has 9 heteroatoms. The molecule has 1 aromatic rings. The van der Waals surface area contributed by atoms with Crippen LogP contribution in [0.5, 0.6) is 0 Å². The van der Waals surface area contributed by atoms with Gasteiger partial charge in [0.15, 0.2) is 6.61 Å². The van der Waals surface area contributed by atoms with Gasteiger partial charge in [0, 0.05) is 13.1 Å². The molecule has 138 valence electrons. The number of hydrogen-bond acceptors (Lipinski definition) is 6. The second-order valence-corrected chi connectivity index (χ2v) is 7.80. The highest BCUT2D eigenvalue weighted by Gasteiger charge is 2.26. The van der Waals surface area contributed by atoms with E-state index >= 15 is 0 Å². The number of sulfonamides is 1. The molecule has 1 N–H and O–H groups in total. The van der Waals surface area contributed by atoms with Crippen molar-refractivity contribution in [3.05, 3.63) is 29.8 Å². The molecule has 0 spiro atoms. The summed E-state index contributed by atoms with van der Waals surface area (Å²) in [7, 11) is -3.54. The molecular formula is C16H22N2O6S. The van der Waals surface area contributed by atoms with Gasteiger partial charge in [-0.05, 0) is 26.0 Å². The Morgan fingerprint density at radius 3 is 2.44 bits per heavy atom. The summed E-state index contributed by atoms with van der Waals surface area (Å²) in [6.07, 6.45) is 0.825. The number of benzene rings is 1. The van der Waals surface area contributed by atoms with Gasteiger partial charge in [-0.25, -0.2) is 13.2 Å². The van der Waals surface area contributed by atoms with E-state index in [0.29, 0.717) is 13.1 Å². The molecule has 1 saturated heterocycles. The summed E-state index contributed by atoms with van der Waals surface area (Å²) in [5.41, 5.74) is 0.153. The lowest BCUT2D eigenvalue weighted by atomic mass is 10.2. The van der Waals surface area contributed by atoms with E-state index in [-0.39, 0.29) is 29.4 Å². The number of rotatable bonds is 5. The van der Waals surface area contributed by atoms with Gasteiger partial charge in [-0.1, -0.05) is 12.1 Å². The highest BCUT2D eigenvalue weighted by atomic mass is 32.2. The van der Waals surface area contributed by atoms with Gasteiger partial charge in [-0.2, -0.15) is 0 Å². The fourth-order valence-electron chi connectivity index (χ4n) is 2.63. The second kappa shape index (κ2) is 7.83. The van der Waals surface area contributed by atoms with Gasteiger partial charge in [-0.15, -0.1) is 0 Å². The molecule has 0 aliphatic carbocycles. The third-order valence-corrected chi connectivity index (χ3v) is 4.13. The van der Waals surface area contributed by atoms with E-state index in [4.69, 9.17) is 9.47 Å². The predicted molar refractivity (Wildman–Crippen MR) is 91.8 cm³/mol. The van der Waals surface area contributed by atoms with Gasteiger partial charge in [0.1, 0.15) is 0 Å². The normalized spacial score (nSPS) is 20.8. The van der Waals surface area contributed by atoms with Crippen molar-refractivity contribution < 1.29 is 27.5 Å². The smallest absolute Gasteiger partial charge is 0.340 e. The fourth-order valence-corrected chi connectivity index (χ4v) is 3.21. The fraction of sp³-hybridized carbons (Fsp3) is 0.500. The summed E-state index contributed by atoms with van der Waals surface area (Å²) in [6, 6.07) is 6.05. The van der Waals surface area contributed by atoms with Crippen molar-refractivity contribution in [3.63, 3.8) is 0 Å². The van der Waals surface area contributed by atoms with Gasteiger partial charge in [0.25, 0.3) is 5.91 Å². The summed E-state index contributed by atoms with van der Waals surface area (Å²) >= 11 is 0. The Balaban J connectivity index is 2.00. The molecule has 8 nitrogen and oxygen atoms in total. The minimum Gasteiger partial charge on any atom is -0.452 e. The number of ether oxygens (including phenoxy) is 2. The first kappa shape index (κ1) is 19.2. The first-order valence-electron chi connectivity index (χ1n) is 7.83. The molecule has 25 heavy (non-hydrogen) atoms. The number of morpholine rings is 1. The van der Waals surface area contributed by atoms with E-state index in [1.165, 1.54) is 12.1 Å². The van der Waals surface area contributed by atoms with E-state index in [9.17, 15) is 18.0 Å². The van der Waals surface area contributed by atoms with E-state index in [1.54, 1.807) is 17.0 Å². The largest absolute Gasteiger partial charge is 0.452 e. The standard InChI is InChI=1S/C16H22N2O6S/c1-11-8-18(9-12(2)24-11)15(19)10-23-16(20)13-6-4-5-7-14(13)17-25(3,21)22/h4-7,11-12,17H,8-10H2,1-3H3. The van der Waals surface area contributed by atoms with Crippen LogP contribution in [0.2, 0.25) is 0 Å². The summed E-state index contributed by atoms with van der Waals surface area (Å²) in [6.45, 7) is 4.20. The number of para-hydroxylation sites is 1.